The number of rotatable bonds is 3. The highest BCUT2D eigenvalue weighted by Crippen LogP contribution is 2.20. The molecule has 74 valence electrons. The van der Waals surface area contributed by atoms with Crippen molar-refractivity contribution in [2.24, 2.45) is 0 Å². The number of halogens is 1. The number of carbonyl (C=O) groups is 1. The van der Waals surface area contributed by atoms with E-state index in [0.29, 0.717) is 11.4 Å². The van der Waals surface area contributed by atoms with Crippen LogP contribution in [0.3, 0.4) is 0 Å². The predicted octanol–water partition coefficient (Wildman–Crippen LogP) is 2.15. The summed E-state index contributed by atoms with van der Waals surface area (Å²) in [6.45, 7) is 2.01. The van der Waals surface area contributed by atoms with E-state index in [0.717, 1.165) is 19.0 Å². The van der Waals surface area contributed by atoms with Gasteiger partial charge in [0.25, 0.3) is 0 Å². The molecule has 1 rings (SSSR count). The highest BCUT2D eigenvalue weighted by molar-refractivity contribution is 5.65. The van der Waals surface area contributed by atoms with Gasteiger partial charge in [0.15, 0.2) is 0 Å². The van der Waals surface area contributed by atoms with E-state index >= 15 is 0 Å². The average Bonchev–Trinajstić information content (AvgIpc) is 2.43. The van der Waals surface area contributed by atoms with Gasteiger partial charge < -0.3 is 5.11 Å². The van der Waals surface area contributed by atoms with Gasteiger partial charge in [-0.2, -0.15) is 5.01 Å². The zero-order valence-electron chi connectivity index (χ0n) is 7.48. The Hall–Kier alpha value is -1.26. The first-order valence-corrected chi connectivity index (χ1v) is 4.32. The second kappa shape index (κ2) is 4.11. The first-order valence-electron chi connectivity index (χ1n) is 4.32. The molecule has 0 saturated carbocycles. The highest BCUT2D eigenvalue weighted by Gasteiger charge is 2.30. The van der Waals surface area contributed by atoms with Gasteiger partial charge >= 0.3 is 6.09 Å². The Labute approximate surface area is 76.1 Å². The molecule has 1 atom stereocenters. The lowest BCUT2D eigenvalue weighted by Crippen LogP contribution is -2.40. The van der Waals surface area contributed by atoms with Gasteiger partial charge in [0, 0.05) is 0 Å². The molecule has 0 saturated heterocycles. The first-order chi connectivity index (χ1) is 6.16. The van der Waals surface area contributed by atoms with E-state index in [9.17, 15) is 9.28 Å². The third kappa shape index (κ3) is 2.11. The van der Waals surface area contributed by atoms with E-state index in [2.05, 4.69) is 0 Å². The molecule has 1 heterocycles. The van der Waals surface area contributed by atoms with Crippen LogP contribution in [0.5, 0.6) is 0 Å². The van der Waals surface area contributed by atoms with Crippen molar-refractivity contribution < 1.29 is 14.4 Å². The van der Waals surface area contributed by atoms with Crippen LogP contribution in [0.1, 0.15) is 26.2 Å². The Morgan fingerprint density at radius 3 is 2.92 bits per heavy atom. The molecule has 0 fully saturated rings. The molecule has 1 amide bonds. The molecule has 0 bridgehead atoms. The monoisotopic (exact) mass is 188 g/mol. The molecule has 0 spiro atoms. The van der Waals surface area contributed by atoms with Gasteiger partial charge in [-0.25, -0.2) is 4.79 Å². The number of unbranched alkanes of at least 4 members (excludes halogenated alkanes) is 1. The minimum Gasteiger partial charge on any atom is -0.464 e. The summed E-state index contributed by atoms with van der Waals surface area (Å²) in [5.74, 6) is 0. The number of amides is 1. The number of hydrazine groups is 1. The molecule has 1 unspecified atom stereocenters. The lowest BCUT2D eigenvalue weighted by atomic mass is 10.1. The minimum atomic E-state index is -1.26. The van der Waals surface area contributed by atoms with E-state index < -0.39 is 6.09 Å². The van der Waals surface area contributed by atoms with Crippen molar-refractivity contribution in [1.29, 1.82) is 0 Å². The van der Waals surface area contributed by atoms with E-state index in [4.69, 9.17) is 5.11 Å². The summed E-state index contributed by atoms with van der Waals surface area (Å²) in [4.78, 5) is 10.6. The molecule has 5 heteroatoms. The van der Waals surface area contributed by atoms with Gasteiger partial charge in [-0.15, -0.1) is 5.23 Å². The summed E-state index contributed by atoms with van der Waals surface area (Å²) in [6.07, 6.45) is 3.97. The number of hydrogen-bond acceptors (Lipinski definition) is 2. The Balaban J connectivity index is 2.53. The quantitative estimate of drug-likeness (QED) is 0.690. The molecular weight excluding hydrogens is 175 g/mol. The fourth-order valence-electron chi connectivity index (χ4n) is 1.32. The van der Waals surface area contributed by atoms with Crippen LogP contribution in [0.2, 0.25) is 0 Å². The van der Waals surface area contributed by atoms with Crippen molar-refractivity contribution in [1.82, 2.24) is 10.2 Å². The largest absolute Gasteiger partial charge is 0.464 e. The van der Waals surface area contributed by atoms with Crippen LogP contribution in [-0.2, 0) is 0 Å². The molecule has 0 aromatic rings. The van der Waals surface area contributed by atoms with Gasteiger partial charge in [0.1, 0.15) is 0 Å². The van der Waals surface area contributed by atoms with Crippen LogP contribution in [0.25, 0.3) is 0 Å². The zero-order valence-corrected chi connectivity index (χ0v) is 7.48. The van der Waals surface area contributed by atoms with Gasteiger partial charge in [-0.3, -0.25) is 0 Å². The fourth-order valence-corrected chi connectivity index (χ4v) is 1.32. The zero-order chi connectivity index (χ0) is 9.84. The van der Waals surface area contributed by atoms with Gasteiger partial charge in [0.05, 0.1) is 12.2 Å². The lowest BCUT2D eigenvalue weighted by Gasteiger charge is -2.23. The number of carboxylic acid groups (broad SMARTS) is 1. The second-order valence-electron chi connectivity index (χ2n) is 2.97. The molecule has 1 aliphatic rings. The maximum Gasteiger partial charge on any atom is 0.429 e. The second-order valence-corrected chi connectivity index (χ2v) is 2.97. The summed E-state index contributed by atoms with van der Waals surface area (Å²) in [5, 5.41) is 9.46. The molecule has 0 aromatic carbocycles. The fraction of sp³-hybridized carbons (Fsp3) is 0.625. The van der Waals surface area contributed by atoms with Crippen LogP contribution in [0, 0.1) is 0 Å². The van der Waals surface area contributed by atoms with Crippen molar-refractivity contribution in [2.75, 3.05) is 0 Å². The highest BCUT2D eigenvalue weighted by atomic mass is 19.2. The van der Waals surface area contributed by atoms with Crippen LogP contribution < -0.4 is 0 Å². The van der Waals surface area contributed by atoms with Crippen molar-refractivity contribution in [2.45, 2.75) is 32.2 Å². The maximum atomic E-state index is 12.8. The van der Waals surface area contributed by atoms with Crippen molar-refractivity contribution in [3.63, 3.8) is 0 Å². The smallest absolute Gasteiger partial charge is 0.429 e. The summed E-state index contributed by atoms with van der Waals surface area (Å²) < 4.78 is 12.8. The van der Waals surface area contributed by atoms with Crippen molar-refractivity contribution in [3.8, 4) is 0 Å². The van der Waals surface area contributed by atoms with Crippen LogP contribution >= 0.6 is 0 Å². The molecular formula is C8H13FN2O2. The minimum absolute atomic E-state index is 0.114. The van der Waals surface area contributed by atoms with E-state index in [1.807, 2.05) is 6.92 Å². The molecule has 0 aromatic heterocycles. The van der Waals surface area contributed by atoms with Crippen LogP contribution in [0.4, 0.5) is 9.28 Å². The SMILES string of the molecule is CCCCC1C=CN(F)N1C(=O)O. The maximum absolute atomic E-state index is 12.8. The van der Waals surface area contributed by atoms with Crippen LogP contribution in [-0.4, -0.2) is 27.5 Å². The average molecular weight is 188 g/mol. The van der Waals surface area contributed by atoms with E-state index in [1.165, 1.54) is 0 Å². The van der Waals surface area contributed by atoms with E-state index in [1.54, 1.807) is 6.08 Å². The Morgan fingerprint density at radius 1 is 1.69 bits per heavy atom. The van der Waals surface area contributed by atoms with Gasteiger partial charge in [-0.05, 0) is 12.5 Å². The van der Waals surface area contributed by atoms with Crippen LogP contribution in [0.15, 0.2) is 12.3 Å². The van der Waals surface area contributed by atoms with E-state index in [-0.39, 0.29) is 11.3 Å². The molecule has 13 heavy (non-hydrogen) atoms. The summed E-state index contributed by atoms with van der Waals surface area (Å²) in [6, 6.07) is -0.345. The van der Waals surface area contributed by atoms with Crippen molar-refractivity contribution in [3.05, 3.63) is 12.3 Å². The molecule has 0 aliphatic carbocycles. The summed E-state index contributed by atoms with van der Waals surface area (Å²) in [7, 11) is 0. The molecule has 1 N–H and O–H groups in total. The number of hydrogen-bond donors (Lipinski definition) is 1. The normalized spacial score (nSPS) is 21.2. The molecule has 1 aliphatic heterocycles. The Bertz CT molecular complexity index is 220. The molecule has 4 nitrogen and oxygen atoms in total. The third-order valence-electron chi connectivity index (χ3n) is 2.00. The van der Waals surface area contributed by atoms with Gasteiger partial charge in [-0.1, -0.05) is 24.2 Å². The summed E-state index contributed by atoms with van der Waals surface area (Å²) >= 11 is 0. The third-order valence-corrected chi connectivity index (χ3v) is 2.00. The predicted molar refractivity (Wildman–Crippen MR) is 45.3 cm³/mol. The standard InChI is InChI=1S/C8H13FN2O2/c1-2-3-4-7-5-6-10(9)11(7)8(12)13/h5-7H,2-4H2,1H3,(H,12,13). The first kappa shape index (κ1) is 9.83. The van der Waals surface area contributed by atoms with Gasteiger partial charge in [0.2, 0.25) is 0 Å². The summed E-state index contributed by atoms with van der Waals surface area (Å²) in [5.41, 5.74) is 0. The number of nitrogens with zero attached hydrogens (tertiary/aromatic N) is 2. The Morgan fingerprint density at radius 2 is 2.38 bits per heavy atom. The Kier molecular flexibility index (Phi) is 3.11. The topological polar surface area (TPSA) is 43.8 Å². The van der Waals surface area contributed by atoms with Crippen molar-refractivity contribution >= 4 is 6.09 Å². The lowest BCUT2D eigenvalue weighted by molar-refractivity contribution is -0.105. The molecule has 0 radical (unpaired) electrons.